The summed E-state index contributed by atoms with van der Waals surface area (Å²) in [6.45, 7) is 6.82. The highest BCUT2D eigenvalue weighted by molar-refractivity contribution is 7.15. The molecule has 1 amide bonds. The Bertz CT molecular complexity index is 786. The number of nitrogens with zero attached hydrogens (tertiary/aromatic N) is 2. The average molecular weight is 373 g/mol. The van der Waals surface area contributed by atoms with E-state index in [4.69, 9.17) is 4.74 Å². The van der Waals surface area contributed by atoms with Crippen molar-refractivity contribution in [3.05, 3.63) is 40.4 Å². The molecule has 0 unspecified atom stereocenters. The minimum Gasteiger partial charge on any atom is -0.484 e. The molecule has 1 aromatic carbocycles. The number of Topliss-reactive ketones (excluding diaryl/α,β-unsaturated/α-hetero) is 1. The van der Waals surface area contributed by atoms with E-state index < -0.39 is 0 Å². The van der Waals surface area contributed by atoms with Crippen molar-refractivity contribution in [2.75, 3.05) is 25.0 Å². The largest absolute Gasteiger partial charge is 0.484 e. The first-order chi connectivity index (χ1) is 12.6. The normalized spacial score (nSPS) is 13.9. The fourth-order valence-electron chi connectivity index (χ4n) is 2.82. The topological polar surface area (TPSA) is 71.5 Å². The maximum Gasteiger partial charge on any atom is 0.264 e. The molecule has 7 heteroatoms. The van der Waals surface area contributed by atoms with Gasteiger partial charge in [-0.1, -0.05) is 13.8 Å². The smallest absolute Gasteiger partial charge is 0.264 e. The van der Waals surface area contributed by atoms with E-state index >= 15 is 0 Å². The van der Waals surface area contributed by atoms with Gasteiger partial charge in [-0.2, -0.15) is 0 Å². The summed E-state index contributed by atoms with van der Waals surface area (Å²) in [5.41, 5.74) is 1.74. The Morgan fingerprint density at radius 1 is 1.27 bits per heavy atom. The van der Waals surface area contributed by atoms with Crippen LogP contribution in [0.5, 0.6) is 5.75 Å². The number of ketones is 1. The fraction of sp³-hybridized carbons (Fsp3) is 0.421. The fourth-order valence-corrected chi connectivity index (χ4v) is 3.88. The third-order valence-corrected chi connectivity index (χ3v) is 5.37. The van der Waals surface area contributed by atoms with Crippen LogP contribution in [-0.4, -0.2) is 41.3 Å². The van der Waals surface area contributed by atoms with Crippen molar-refractivity contribution in [3.63, 3.8) is 0 Å². The number of ether oxygens (including phenoxy) is 1. The second-order valence-electron chi connectivity index (χ2n) is 6.15. The van der Waals surface area contributed by atoms with Crippen LogP contribution < -0.4 is 10.1 Å². The number of hydrogen-bond acceptors (Lipinski definition) is 6. The second kappa shape index (κ2) is 8.42. The van der Waals surface area contributed by atoms with Gasteiger partial charge in [-0.3, -0.25) is 19.8 Å². The van der Waals surface area contributed by atoms with Gasteiger partial charge in [-0.05, 0) is 30.8 Å². The van der Waals surface area contributed by atoms with Crippen LogP contribution in [0.3, 0.4) is 0 Å². The van der Waals surface area contributed by atoms with Gasteiger partial charge in [0.15, 0.2) is 17.5 Å². The van der Waals surface area contributed by atoms with Crippen molar-refractivity contribution in [1.29, 1.82) is 0 Å². The molecule has 0 radical (unpaired) electrons. The molecule has 0 saturated carbocycles. The van der Waals surface area contributed by atoms with E-state index in [-0.39, 0.29) is 18.3 Å². The van der Waals surface area contributed by atoms with Crippen molar-refractivity contribution in [2.45, 2.75) is 33.2 Å². The van der Waals surface area contributed by atoms with Crippen LogP contribution in [0, 0.1) is 0 Å². The van der Waals surface area contributed by atoms with E-state index in [9.17, 15) is 9.59 Å². The van der Waals surface area contributed by atoms with Crippen LogP contribution in [0.4, 0.5) is 5.13 Å². The molecule has 0 aliphatic carbocycles. The first kappa shape index (κ1) is 18.5. The molecule has 0 spiro atoms. The number of likely N-dealkylation sites (N-methyl/N-ethyl adjacent to an activating group) is 1. The first-order valence-corrected chi connectivity index (χ1v) is 9.67. The molecule has 0 saturated heterocycles. The zero-order valence-electron chi connectivity index (χ0n) is 15.1. The second-order valence-corrected chi connectivity index (χ2v) is 7.23. The Balaban J connectivity index is 1.52. The highest BCUT2D eigenvalue weighted by Gasteiger charge is 2.20. The molecule has 138 valence electrons. The van der Waals surface area contributed by atoms with Crippen molar-refractivity contribution in [3.8, 4) is 5.75 Å². The SMILES string of the molecule is CCC(=O)c1ccc(OCC(=O)Nc2nc3c(s2)CN(CC)CC3)cc1. The molecule has 0 atom stereocenters. The summed E-state index contributed by atoms with van der Waals surface area (Å²) in [7, 11) is 0. The Hall–Kier alpha value is -2.25. The summed E-state index contributed by atoms with van der Waals surface area (Å²) in [6.07, 6.45) is 1.39. The number of benzene rings is 1. The molecular formula is C19H23N3O3S. The summed E-state index contributed by atoms with van der Waals surface area (Å²) in [5, 5.41) is 3.44. The van der Waals surface area contributed by atoms with Gasteiger partial charge in [0.05, 0.1) is 5.69 Å². The van der Waals surface area contributed by atoms with Gasteiger partial charge < -0.3 is 4.74 Å². The number of amides is 1. The number of carbonyl (C=O) groups excluding carboxylic acids is 2. The number of thiazole rings is 1. The zero-order valence-corrected chi connectivity index (χ0v) is 15.9. The third-order valence-electron chi connectivity index (χ3n) is 4.37. The number of nitrogens with one attached hydrogen (secondary N) is 1. The minimum atomic E-state index is -0.239. The summed E-state index contributed by atoms with van der Waals surface area (Å²) < 4.78 is 5.49. The summed E-state index contributed by atoms with van der Waals surface area (Å²) in [5.74, 6) is 0.408. The Morgan fingerprint density at radius 2 is 2.04 bits per heavy atom. The van der Waals surface area contributed by atoms with Crippen molar-refractivity contribution >= 4 is 28.2 Å². The van der Waals surface area contributed by atoms with Crippen LogP contribution in [-0.2, 0) is 17.8 Å². The zero-order chi connectivity index (χ0) is 18.5. The van der Waals surface area contributed by atoms with Crippen LogP contribution in [0.1, 0.15) is 41.2 Å². The maximum atomic E-state index is 12.1. The highest BCUT2D eigenvalue weighted by Crippen LogP contribution is 2.28. The van der Waals surface area contributed by atoms with Gasteiger partial charge in [0.2, 0.25) is 0 Å². The van der Waals surface area contributed by atoms with E-state index in [2.05, 4.69) is 22.1 Å². The van der Waals surface area contributed by atoms with Gasteiger partial charge in [0.1, 0.15) is 5.75 Å². The van der Waals surface area contributed by atoms with Gasteiger partial charge in [-0.15, -0.1) is 11.3 Å². The first-order valence-electron chi connectivity index (χ1n) is 8.85. The van der Waals surface area contributed by atoms with Crippen LogP contribution >= 0.6 is 11.3 Å². The Kier molecular flexibility index (Phi) is 6.00. The molecule has 1 N–H and O–H groups in total. The lowest BCUT2D eigenvalue weighted by Crippen LogP contribution is -2.29. The minimum absolute atomic E-state index is 0.0867. The van der Waals surface area contributed by atoms with Gasteiger partial charge in [0, 0.05) is 36.4 Å². The van der Waals surface area contributed by atoms with Gasteiger partial charge in [0.25, 0.3) is 5.91 Å². The molecule has 1 aromatic heterocycles. The van der Waals surface area contributed by atoms with Crippen LogP contribution in [0.25, 0.3) is 0 Å². The van der Waals surface area contributed by atoms with Crippen LogP contribution in [0.15, 0.2) is 24.3 Å². The van der Waals surface area contributed by atoms with Crippen molar-refractivity contribution < 1.29 is 14.3 Å². The van der Waals surface area contributed by atoms with Crippen LogP contribution in [0.2, 0.25) is 0 Å². The number of carbonyl (C=O) groups is 2. The Labute approximate surface area is 157 Å². The van der Waals surface area contributed by atoms with Crippen molar-refractivity contribution in [1.82, 2.24) is 9.88 Å². The van der Waals surface area contributed by atoms with E-state index in [0.29, 0.717) is 22.9 Å². The summed E-state index contributed by atoms with van der Waals surface area (Å²) in [4.78, 5) is 31.8. The van der Waals surface area contributed by atoms with E-state index in [1.807, 2.05) is 6.92 Å². The number of hydrogen-bond donors (Lipinski definition) is 1. The van der Waals surface area contributed by atoms with E-state index in [1.165, 1.54) is 16.2 Å². The van der Waals surface area contributed by atoms with Crippen molar-refractivity contribution in [2.24, 2.45) is 0 Å². The molecule has 2 aromatic rings. The molecular weight excluding hydrogens is 350 g/mol. The number of anilines is 1. The molecule has 6 nitrogen and oxygen atoms in total. The monoisotopic (exact) mass is 373 g/mol. The molecule has 26 heavy (non-hydrogen) atoms. The van der Waals surface area contributed by atoms with Gasteiger partial charge in [-0.25, -0.2) is 4.98 Å². The summed E-state index contributed by atoms with van der Waals surface area (Å²) in [6, 6.07) is 6.84. The quantitative estimate of drug-likeness (QED) is 0.755. The molecule has 1 aliphatic rings. The number of rotatable bonds is 7. The standard InChI is InChI=1S/C19H23N3O3S/c1-3-16(23)13-5-7-14(8-6-13)25-12-18(24)21-19-20-15-9-10-22(4-2)11-17(15)26-19/h5-8H,3-4,9-12H2,1-2H3,(H,20,21,24). The number of fused-ring (bicyclic) bond motifs is 1. The average Bonchev–Trinajstić information content (AvgIpc) is 3.07. The van der Waals surface area contributed by atoms with E-state index in [0.717, 1.165) is 31.7 Å². The molecule has 1 aliphatic heterocycles. The third kappa shape index (κ3) is 4.47. The maximum absolute atomic E-state index is 12.1. The molecule has 0 bridgehead atoms. The lowest BCUT2D eigenvalue weighted by atomic mass is 10.1. The molecule has 0 fully saturated rings. The predicted octanol–water partition coefficient (Wildman–Crippen LogP) is 3.13. The molecule has 3 rings (SSSR count). The highest BCUT2D eigenvalue weighted by atomic mass is 32.1. The predicted molar refractivity (Wildman–Crippen MR) is 102 cm³/mol. The van der Waals surface area contributed by atoms with Gasteiger partial charge >= 0.3 is 0 Å². The Morgan fingerprint density at radius 3 is 2.73 bits per heavy atom. The lowest BCUT2D eigenvalue weighted by molar-refractivity contribution is -0.118. The van der Waals surface area contributed by atoms with E-state index in [1.54, 1.807) is 24.3 Å². The molecule has 2 heterocycles. The lowest BCUT2D eigenvalue weighted by Gasteiger charge is -2.23. The number of aromatic nitrogens is 1. The summed E-state index contributed by atoms with van der Waals surface area (Å²) >= 11 is 1.53.